The Morgan fingerprint density at radius 1 is 1.56 bits per heavy atom. The lowest BCUT2D eigenvalue weighted by Crippen LogP contribution is -2.12. The Labute approximate surface area is 120 Å². The number of rotatable bonds is 5. The van der Waals surface area contributed by atoms with Gasteiger partial charge in [0, 0.05) is 6.92 Å². The van der Waals surface area contributed by atoms with E-state index < -0.39 is 0 Å². The lowest BCUT2D eigenvalue weighted by Gasteiger charge is -2.11. The van der Waals surface area contributed by atoms with Crippen LogP contribution >= 0.6 is 22.6 Å². The molecule has 0 spiro atoms. The van der Waals surface area contributed by atoms with Crippen LogP contribution in [0.15, 0.2) is 17.2 Å². The number of carbonyl (C=O) groups is 1. The molecule has 0 bridgehead atoms. The van der Waals surface area contributed by atoms with Crippen molar-refractivity contribution in [3.8, 4) is 11.5 Å². The molecule has 0 fully saturated rings. The molecule has 0 unspecified atom stereocenters. The third kappa shape index (κ3) is 4.17. The molecule has 1 rings (SSSR count). The largest absolute Gasteiger partial charge is 0.493 e. The second kappa shape index (κ2) is 7.20. The minimum Gasteiger partial charge on any atom is -0.493 e. The number of hydrazone groups is 1. The number of hydrogen-bond donors (Lipinski definition) is 1. The van der Waals surface area contributed by atoms with Crippen LogP contribution in [-0.4, -0.2) is 25.8 Å². The van der Waals surface area contributed by atoms with Crippen molar-refractivity contribution in [2.75, 3.05) is 13.7 Å². The van der Waals surface area contributed by atoms with Crippen LogP contribution in [0, 0.1) is 3.57 Å². The van der Waals surface area contributed by atoms with E-state index in [0.29, 0.717) is 12.4 Å². The van der Waals surface area contributed by atoms with Gasteiger partial charge in [-0.25, -0.2) is 5.43 Å². The first kappa shape index (κ1) is 14.7. The monoisotopic (exact) mass is 362 g/mol. The number of nitrogens with one attached hydrogen (secondary N) is 1. The summed E-state index contributed by atoms with van der Waals surface area (Å²) in [6.07, 6.45) is 1.56. The first-order chi connectivity index (χ1) is 8.58. The van der Waals surface area contributed by atoms with Crippen LogP contribution in [0.2, 0.25) is 0 Å². The van der Waals surface area contributed by atoms with E-state index in [9.17, 15) is 4.79 Å². The number of methoxy groups -OCH3 is 1. The number of carbonyl (C=O) groups excluding carboxylic acids is 1. The van der Waals surface area contributed by atoms with E-state index in [-0.39, 0.29) is 5.91 Å². The normalized spacial score (nSPS) is 10.4. The Kier molecular flexibility index (Phi) is 5.90. The molecule has 1 amide bonds. The molecule has 0 radical (unpaired) electrons. The minimum atomic E-state index is -0.209. The third-order valence-corrected chi connectivity index (χ3v) is 2.78. The molecule has 1 aromatic rings. The Balaban J connectivity index is 2.99. The first-order valence-corrected chi connectivity index (χ1v) is 6.46. The third-order valence-electron chi connectivity index (χ3n) is 1.98. The molecule has 0 atom stereocenters. The summed E-state index contributed by atoms with van der Waals surface area (Å²) in [6, 6.07) is 3.71. The van der Waals surface area contributed by atoms with Crippen molar-refractivity contribution in [1.29, 1.82) is 0 Å². The van der Waals surface area contributed by atoms with Crippen LogP contribution in [-0.2, 0) is 4.79 Å². The van der Waals surface area contributed by atoms with Crippen molar-refractivity contribution in [3.05, 3.63) is 21.3 Å². The van der Waals surface area contributed by atoms with Gasteiger partial charge in [-0.15, -0.1) is 0 Å². The first-order valence-electron chi connectivity index (χ1n) is 5.38. The van der Waals surface area contributed by atoms with Gasteiger partial charge in [-0.3, -0.25) is 4.79 Å². The molecule has 18 heavy (non-hydrogen) atoms. The van der Waals surface area contributed by atoms with Crippen LogP contribution in [0.3, 0.4) is 0 Å². The summed E-state index contributed by atoms with van der Waals surface area (Å²) in [5.74, 6) is 1.16. The molecule has 0 heterocycles. The lowest BCUT2D eigenvalue weighted by molar-refractivity contribution is -0.118. The second-order valence-corrected chi connectivity index (χ2v) is 4.56. The van der Waals surface area contributed by atoms with Gasteiger partial charge >= 0.3 is 0 Å². The fourth-order valence-electron chi connectivity index (χ4n) is 1.30. The molecular weight excluding hydrogens is 347 g/mol. The van der Waals surface area contributed by atoms with Crippen LogP contribution in [0.4, 0.5) is 0 Å². The summed E-state index contributed by atoms with van der Waals surface area (Å²) in [5, 5.41) is 3.81. The lowest BCUT2D eigenvalue weighted by atomic mass is 10.2. The summed E-state index contributed by atoms with van der Waals surface area (Å²) in [7, 11) is 1.59. The Hall–Kier alpha value is -1.31. The number of amides is 1. The van der Waals surface area contributed by atoms with Gasteiger partial charge in [0.25, 0.3) is 0 Å². The molecular formula is C12H15IN2O3. The molecule has 0 aliphatic carbocycles. The number of benzene rings is 1. The fraction of sp³-hybridized carbons (Fsp3) is 0.333. The quantitative estimate of drug-likeness (QED) is 0.496. The zero-order valence-electron chi connectivity index (χ0n) is 10.5. The fourth-order valence-corrected chi connectivity index (χ4v) is 2.08. The molecule has 5 nitrogen and oxygen atoms in total. The van der Waals surface area contributed by atoms with Crippen molar-refractivity contribution in [2.24, 2.45) is 5.10 Å². The van der Waals surface area contributed by atoms with Gasteiger partial charge in [-0.2, -0.15) is 5.10 Å². The zero-order chi connectivity index (χ0) is 13.5. The van der Waals surface area contributed by atoms with Gasteiger partial charge in [0.1, 0.15) is 0 Å². The summed E-state index contributed by atoms with van der Waals surface area (Å²) < 4.78 is 11.7. The van der Waals surface area contributed by atoms with E-state index in [0.717, 1.165) is 14.9 Å². The van der Waals surface area contributed by atoms with E-state index in [4.69, 9.17) is 9.47 Å². The van der Waals surface area contributed by atoms with Crippen molar-refractivity contribution >= 4 is 34.7 Å². The van der Waals surface area contributed by atoms with Crippen molar-refractivity contribution in [2.45, 2.75) is 13.8 Å². The van der Waals surface area contributed by atoms with E-state index in [2.05, 4.69) is 33.1 Å². The van der Waals surface area contributed by atoms with Crippen LogP contribution in [0.5, 0.6) is 11.5 Å². The highest BCUT2D eigenvalue weighted by atomic mass is 127. The van der Waals surface area contributed by atoms with Gasteiger partial charge < -0.3 is 9.47 Å². The Morgan fingerprint density at radius 3 is 2.83 bits per heavy atom. The summed E-state index contributed by atoms with van der Waals surface area (Å²) in [4.78, 5) is 10.7. The van der Waals surface area contributed by atoms with Gasteiger partial charge in [0.15, 0.2) is 11.5 Å². The van der Waals surface area contributed by atoms with Crippen LogP contribution < -0.4 is 14.9 Å². The maximum atomic E-state index is 10.7. The number of halogens is 1. The number of nitrogens with zero attached hydrogens (tertiary/aromatic N) is 1. The molecule has 1 aromatic carbocycles. The predicted molar refractivity (Wildman–Crippen MR) is 78.3 cm³/mol. The van der Waals surface area contributed by atoms with Gasteiger partial charge in [0.05, 0.1) is 23.5 Å². The number of ether oxygens (including phenoxy) is 2. The molecule has 6 heteroatoms. The molecule has 98 valence electrons. The van der Waals surface area contributed by atoms with Gasteiger partial charge in [0.2, 0.25) is 5.91 Å². The van der Waals surface area contributed by atoms with E-state index in [1.807, 2.05) is 13.0 Å². The SMILES string of the molecule is CCOc1c(I)cc(/C=N/NC(C)=O)cc1OC. The average Bonchev–Trinajstić information content (AvgIpc) is 2.31. The Bertz CT molecular complexity index is 461. The second-order valence-electron chi connectivity index (χ2n) is 3.39. The zero-order valence-corrected chi connectivity index (χ0v) is 12.6. The maximum Gasteiger partial charge on any atom is 0.236 e. The van der Waals surface area contributed by atoms with Gasteiger partial charge in [-0.05, 0) is 47.2 Å². The van der Waals surface area contributed by atoms with Crippen LogP contribution in [0.25, 0.3) is 0 Å². The molecule has 0 aromatic heterocycles. The summed E-state index contributed by atoms with van der Waals surface area (Å²) in [5.41, 5.74) is 3.17. The van der Waals surface area contributed by atoms with E-state index in [1.54, 1.807) is 19.4 Å². The van der Waals surface area contributed by atoms with Crippen molar-refractivity contribution < 1.29 is 14.3 Å². The highest BCUT2D eigenvalue weighted by Gasteiger charge is 2.10. The minimum absolute atomic E-state index is 0.209. The van der Waals surface area contributed by atoms with E-state index >= 15 is 0 Å². The smallest absolute Gasteiger partial charge is 0.236 e. The van der Waals surface area contributed by atoms with Crippen molar-refractivity contribution in [3.63, 3.8) is 0 Å². The Morgan fingerprint density at radius 2 is 2.28 bits per heavy atom. The van der Waals surface area contributed by atoms with Gasteiger partial charge in [-0.1, -0.05) is 0 Å². The topological polar surface area (TPSA) is 59.9 Å². The molecule has 0 saturated heterocycles. The summed E-state index contributed by atoms with van der Waals surface area (Å²) >= 11 is 2.17. The molecule has 0 saturated carbocycles. The van der Waals surface area contributed by atoms with Crippen molar-refractivity contribution in [1.82, 2.24) is 5.43 Å². The maximum absolute atomic E-state index is 10.7. The van der Waals surface area contributed by atoms with E-state index in [1.165, 1.54) is 6.92 Å². The predicted octanol–water partition coefficient (Wildman–Crippen LogP) is 2.17. The molecule has 0 aliphatic rings. The standard InChI is InChI=1S/C12H15IN2O3/c1-4-18-12-10(13)5-9(6-11(12)17-3)7-14-15-8(2)16/h5-7H,4H2,1-3H3,(H,15,16)/b14-7+. The average molecular weight is 362 g/mol. The van der Waals surface area contributed by atoms with Crippen LogP contribution in [0.1, 0.15) is 19.4 Å². The number of hydrogen-bond acceptors (Lipinski definition) is 4. The highest BCUT2D eigenvalue weighted by molar-refractivity contribution is 14.1. The summed E-state index contributed by atoms with van der Waals surface area (Å²) in [6.45, 7) is 3.90. The molecule has 0 aliphatic heterocycles. The molecule has 1 N–H and O–H groups in total. The highest BCUT2D eigenvalue weighted by Crippen LogP contribution is 2.33.